The van der Waals surface area contributed by atoms with Gasteiger partial charge in [0, 0.05) is 0 Å². The average molecular weight is 16000 g/mol. The molecule has 0 N–H and O–H groups in total. The van der Waals surface area contributed by atoms with Gasteiger partial charge in [0.05, 0.1) is 0 Å². The normalized spacial score (nSPS) is 19.2. The van der Waals surface area contributed by atoms with Crippen molar-refractivity contribution in [1.82, 2.24) is 0 Å². The molecule has 0 saturated heterocycles. The molecule has 0 aromatic heterocycles. The average Bonchev–Trinajstić information content (AvgIpc) is 0.816. The van der Waals surface area contributed by atoms with Crippen LogP contribution in [0.25, 0.3) is 0 Å². The van der Waals surface area contributed by atoms with Gasteiger partial charge >= 0.3 is 1680 Å². The molecule has 0 aliphatic heterocycles. The Kier molecular flexibility index (Phi) is 227. The third-order valence-corrected chi connectivity index (χ3v) is 10100. The maximum absolute atomic E-state index is 3.50. The van der Waals surface area contributed by atoms with E-state index in [-0.39, 0.29) is 0 Å². The Balaban J connectivity index is 5.97. The van der Waals surface area contributed by atoms with Crippen molar-refractivity contribution in [2.75, 3.05) is 0 Å². The van der Waals surface area contributed by atoms with Crippen molar-refractivity contribution in [3.63, 3.8) is 0 Å². The van der Waals surface area contributed by atoms with E-state index in [0.717, 1.165) is 0 Å². The van der Waals surface area contributed by atoms with Gasteiger partial charge in [-0.3, -0.25) is 0 Å². The van der Waals surface area contributed by atoms with Crippen molar-refractivity contribution in [2.24, 2.45) is 0 Å². The quantitative estimate of drug-likeness (QED) is 0.0533. The van der Waals surface area contributed by atoms with Gasteiger partial charge in [0.25, 0.3) is 0 Å². The summed E-state index contributed by atoms with van der Waals surface area (Å²) in [5.41, 5.74) is 0. The predicted octanol–water partition coefficient (Wildman–Crippen LogP) is 112. The maximum atomic E-state index is 3.50. The van der Waals surface area contributed by atoms with E-state index in [1.807, 2.05) is 0 Å². The van der Waals surface area contributed by atoms with Crippen molar-refractivity contribution < 1.29 is 0 Å². The third kappa shape index (κ3) is 88.4. The molecule has 0 unspecified atom stereocenters. The second-order valence-electron chi connectivity index (χ2n) is 10.0. The summed E-state index contributed by atoms with van der Waals surface area (Å²) < 4.78 is 0. The van der Waals surface area contributed by atoms with E-state index in [1.165, 1.54) is 0 Å². The Morgan fingerprint density at radius 1 is 0.0397 bits per heavy atom. The number of rotatable bonds is 61. The van der Waals surface area contributed by atoms with Gasteiger partial charge in [0.15, 0.2) is 0 Å². The molecule has 126 heavy (non-hydrogen) atoms. The van der Waals surface area contributed by atoms with Crippen LogP contribution in [-0.2, 0) is 0 Å². The predicted molar refractivity (Wildman–Crippen MR) is 1770 cm³/mol. The summed E-state index contributed by atoms with van der Waals surface area (Å²) in [7, 11) is -39.3. The van der Waals surface area contributed by atoms with Gasteiger partial charge in [-0.05, 0) is 0 Å². The molecule has 0 amide bonds. The second-order valence-corrected chi connectivity index (χ2v) is 3030. The number of halogens is 126. The molecule has 0 saturated carbocycles. The molecule has 0 nitrogen and oxygen atoms in total. The van der Waals surface area contributed by atoms with E-state index in [0.29, 0.717) is 0 Å². The van der Waals surface area contributed by atoms with Crippen molar-refractivity contribution in [3.05, 3.63) is 0 Å². The molecule has 0 aromatic carbocycles. The zero-order valence-electron chi connectivity index (χ0n) is 47.6. The molecule has 0 heterocycles. The zero-order valence-corrected chi connectivity index (χ0v) is 319. The fourth-order valence-corrected chi connectivity index (χ4v) is 25100. The van der Waals surface area contributed by atoms with Crippen LogP contribution in [0, 0.1) is 0 Å². The molecule has 0 aliphatic rings. The third-order valence-electron chi connectivity index (χ3n) is 4.98. The minimum atomic E-state index is -0.680. The molecule has 0 radical (unpaired) electrons. The topological polar surface area (TPSA) is 0 Å². The van der Waals surface area contributed by atoms with Gasteiger partial charge < -0.3 is 0 Å². The number of hydrogen-bond donors (Lipinski definition) is 0. The summed E-state index contributed by atoms with van der Waals surface area (Å²) in [6, 6.07) is 0. The summed E-state index contributed by atoms with van der Waals surface area (Å²) >= 11 is 219. The van der Waals surface area contributed by atoms with Gasteiger partial charge in [-0.2, -0.15) is 0 Å². The van der Waals surface area contributed by atoms with Crippen LogP contribution in [-0.4, -0.2) is 0 Å². The van der Waals surface area contributed by atoms with E-state index < -0.39 is 489 Å². The molecule has 0 rings (SSSR count). The molecule has 0 aliphatic carbocycles. The zero-order chi connectivity index (χ0) is 99.8. The van der Waals surface area contributed by atoms with Crippen molar-refractivity contribution in [3.8, 4) is 0 Å². The first-order valence-corrected chi connectivity index (χ1v) is 804. The van der Waals surface area contributed by atoms with Crippen LogP contribution in [0.4, 0.5) is 0 Å². The monoisotopic (exact) mass is 16000 g/mol. The van der Waals surface area contributed by atoms with Crippen LogP contribution >= 0.6 is 1680 Å². The van der Waals surface area contributed by atoms with Crippen LogP contribution in [0.2, 0.25) is 0 Å². The Hall–Kier alpha value is 92.0. The standard InChI is InChI=1S/I126/c1-65(2)67(5)69(7)71(9)73(11)75(13)77(15)79(17)81(19)83(21)85(23)87(25)89(27)91(29)93(31)95(33)97(35)99(37)101(39)103(41)105(43)107(45)109(47)111(49)113(51)115(53)117(55)119(57)121(59)123(61)125(63)126(64)124(62)122(60)120(58)118(56)116(54)114(52)112(50)110(48)108(46)106(44)104(42)102(40)100(38)98(36)96(34)94(32)92(30)90(28)88(26)86(24)84(22)82(20)80(18)78(16)76(14)74(12)72(10)70(8)68(6)66(3)4. The molecule has 0 fully saturated rings. The summed E-state index contributed by atoms with van der Waals surface area (Å²) in [4.78, 5) is 0. The Morgan fingerprint density at radius 3 is 0.0873 bits per heavy atom. The second kappa shape index (κ2) is 131. The first kappa shape index (κ1) is 218. The Labute approximate surface area is 1580 Å². The fourth-order valence-electron chi connectivity index (χ4n) is 1.85. The molecule has 882 valence electrons. The molecule has 0 atom stereocenters. The molecular weight excluding hydrogens is 16000 g/mol. The van der Waals surface area contributed by atoms with Crippen LogP contribution in [0.5, 0.6) is 0 Å². The molecule has 0 bridgehead atoms. The van der Waals surface area contributed by atoms with Gasteiger partial charge in [0.2, 0.25) is 0 Å². The SMILES string of the molecule is II(I)I(I)I(I)I(I)I(I)I(I)I(I)I(I)I(I)I(I)I(I)I(I)I(I)I(I)I(I)I(I)I(I)I(I)I(I)I(I)I(I)I(I)I(I)I(I)I(I)I(I)I(I)I(I)I(I)I(I)I(I)I(I)I(I)I(I)I(I)I(I)I(I)I(I)I(I)I(I)I(I)I(I)I(I)I(I)I(I)I(I)I(I)I(I)I(I)I(I)I(I)I(I)I(I)I(I)I(I)I(I)I(I)I(I)I(I)I(I)I(I)I(I)I. The Bertz CT molecular complexity index is 2490. The van der Waals surface area contributed by atoms with Gasteiger partial charge in [-0.15, -0.1) is 0 Å². The number of hydrogen-bond acceptors (Lipinski definition) is 0. The molecular formula is I126. The Morgan fingerprint density at radius 2 is 0.0635 bits per heavy atom. The van der Waals surface area contributed by atoms with Crippen LogP contribution in [0.1, 0.15) is 0 Å². The van der Waals surface area contributed by atoms with Gasteiger partial charge in [-0.1, -0.05) is 0 Å². The first-order valence-electron chi connectivity index (χ1n) is 17.9. The van der Waals surface area contributed by atoms with Crippen molar-refractivity contribution in [2.45, 2.75) is 0 Å². The van der Waals surface area contributed by atoms with Crippen LogP contribution in [0.15, 0.2) is 0 Å². The van der Waals surface area contributed by atoms with Crippen molar-refractivity contribution in [1.29, 1.82) is 0 Å². The van der Waals surface area contributed by atoms with E-state index in [9.17, 15) is 0 Å². The minimum absolute atomic E-state index is 0.497. The molecule has 0 spiro atoms. The summed E-state index contributed by atoms with van der Waals surface area (Å²) in [6.07, 6.45) is 0. The first-order chi connectivity index (χ1) is 57.3. The summed E-state index contributed by atoms with van der Waals surface area (Å²) in [6.45, 7) is 0. The fraction of sp³-hybridized carbons (Fsp3) is 0. The summed E-state index contributed by atoms with van der Waals surface area (Å²) in [5, 5.41) is 0. The van der Waals surface area contributed by atoms with Crippen molar-refractivity contribution >= 4 is 1680 Å². The van der Waals surface area contributed by atoms with E-state index in [1.54, 1.807) is 0 Å². The summed E-state index contributed by atoms with van der Waals surface area (Å²) in [5.74, 6) is 0. The van der Waals surface area contributed by atoms with Gasteiger partial charge in [-0.25, -0.2) is 0 Å². The van der Waals surface area contributed by atoms with E-state index >= 15 is 0 Å². The van der Waals surface area contributed by atoms with Crippen LogP contribution in [0.3, 0.4) is 0 Å². The van der Waals surface area contributed by atoms with E-state index in [2.05, 4.69) is 1190 Å². The van der Waals surface area contributed by atoms with Gasteiger partial charge in [0.1, 0.15) is 0 Å². The van der Waals surface area contributed by atoms with Crippen LogP contribution < -0.4 is 0 Å². The van der Waals surface area contributed by atoms with E-state index in [4.69, 9.17) is 0 Å². The molecule has 0 aromatic rings. The molecule has 126 heteroatoms.